The fourth-order valence-corrected chi connectivity index (χ4v) is 5.76. The van der Waals surface area contributed by atoms with Crippen LogP contribution in [0.1, 0.15) is 39.0 Å². The van der Waals surface area contributed by atoms with E-state index < -0.39 is 10.0 Å². The van der Waals surface area contributed by atoms with Gasteiger partial charge in [-0.3, -0.25) is 4.79 Å². The molecule has 1 fully saturated rings. The lowest BCUT2D eigenvalue weighted by Crippen LogP contribution is -2.40. The van der Waals surface area contributed by atoms with Gasteiger partial charge in [0, 0.05) is 19.6 Å². The normalized spacial score (nSPS) is 19.2. The minimum Gasteiger partial charge on any atom is -0.302 e. The molecule has 0 spiro atoms. The van der Waals surface area contributed by atoms with E-state index in [1.807, 2.05) is 0 Å². The van der Waals surface area contributed by atoms with Crippen LogP contribution in [0, 0.1) is 0 Å². The van der Waals surface area contributed by atoms with E-state index >= 15 is 0 Å². The van der Waals surface area contributed by atoms with Crippen LogP contribution < -0.4 is 9.60 Å². The predicted octanol–water partition coefficient (Wildman–Crippen LogP) is 2.53. The fourth-order valence-electron chi connectivity index (χ4n) is 3.67. The molecule has 1 aromatic carbocycles. The first kappa shape index (κ1) is 19.5. The van der Waals surface area contributed by atoms with Gasteiger partial charge in [-0.05, 0) is 57.0 Å². The summed E-state index contributed by atoms with van der Waals surface area (Å²) in [4.78, 5) is 14.3. The lowest BCUT2D eigenvalue weighted by Gasteiger charge is -2.35. The summed E-state index contributed by atoms with van der Waals surface area (Å²) in [6, 6.07) is 5.49. The molecular weight excluding hydrogens is 370 g/mol. The molecule has 144 valence electrons. The Morgan fingerprint density at radius 1 is 1.31 bits per heavy atom. The summed E-state index contributed by atoms with van der Waals surface area (Å²) in [7, 11) is -1.86. The second-order valence-electron chi connectivity index (χ2n) is 6.90. The molecule has 3 rings (SSSR count). The van der Waals surface area contributed by atoms with E-state index in [1.54, 1.807) is 25.2 Å². The fraction of sp³-hybridized carbons (Fsp3) is 0.611. The summed E-state index contributed by atoms with van der Waals surface area (Å²) in [6.07, 6.45) is 5.75. The van der Waals surface area contributed by atoms with Crippen LogP contribution in [0.4, 0.5) is 0 Å². The van der Waals surface area contributed by atoms with Crippen molar-refractivity contribution in [1.29, 1.82) is 0 Å². The monoisotopic (exact) mass is 397 g/mol. The zero-order valence-electron chi connectivity index (χ0n) is 15.4. The number of hydrogen-bond acceptors (Lipinski definition) is 5. The maximum Gasteiger partial charge on any atom is 0.307 e. The van der Waals surface area contributed by atoms with Gasteiger partial charge in [-0.25, -0.2) is 13.1 Å². The molecule has 1 atom stereocenters. The Bertz CT molecular complexity index is 917. The van der Waals surface area contributed by atoms with Crippen LogP contribution in [0.5, 0.6) is 0 Å². The zero-order chi connectivity index (χ0) is 18.7. The van der Waals surface area contributed by atoms with Gasteiger partial charge in [0.25, 0.3) is 0 Å². The number of aromatic nitrogens is 1. The van der Waals surface area contributed by atoms with Gasteiger partial charge < -0.3 is 9.47 Å². The average molecular weight is 398 g/mol. The summed E-state index contributed by atoms with van der Waals surface area (Å²) >= 11 is 1.07. The van der Waals surface area contributed by atoms with Crippen molar-refractivity contribution in [1.82, 2.24) is 14.2 Å². The highest BCUT2D eigenvalue weighted by Gasteiger charge is 2.20. The van der Waals surface area contributed by atoms with Crippen molar-refractivity contribution in [2.75, 3.05) is 19.6 Å². The highest BCUT2D eigenvalue weighted by atomic mass is 32.2. The van der Waals surface area contributed by atoms with Gasteiger partial charge in [-0.1, -0.05) is 24.7 Å². The number of fused-ring (bicyclic) bond motifs is 1. The van der Waals surface area contributed by atoms with Crippen molar-refractivity contribution in [2.45, 2.75) is 50.0 Å². The third-order valence-corrected chi connectivity index (χ3v) is 7.66. The van der Waals surface area contributed by atoms with Gasteiger partial charge in [0.05, 0.1) is 15.1 Å². The van der Waals surface area contributed by atoms with Gasteiger partial charge in [-0.15, -0.1) is 0 Å². The van der Waals surface area contributed by atoms with Crippen molar-refractivity contribution < 1.29 is 8.42 Å². The number of hydrogen-bond donors (Lipinski definition) is 1. The number of likely N-dealkylation sites (tertiary alicyclic amines) is 1. The van der Waals surface area contributed by atoms with E-state index in [-0.39, 0.29) is 9.77 Å². The average Bonchev–Trinajstić information content (AvgIpc) is 2.92. The van der Waals surface area contributed by atoms with E-state index in [2.05, 4.69) is 16.5 Å². The van der Waals surface area contributed by atoms with E-state index in [1.165, 1.54) is 23.8 Å². The molecule has 1 aromatic heterocycles. The lowest BCUT2D eigenvalue weighted by atomic mass is 10.00. The van der Waals surface area contributed by atoms with Gasteiger partial charge in [0.1, 0.15) is 0 Å². The summed E-state index contributed by atoms with van der Waals surface area (Å²) in [5.41, 5.74) is 0.759. The molecule has 0 bridgehead atoms. The second-order valence-corrected chi connectivity index (χ2v) is 9.66. The summed E-state index contributed by atoms with van der Waals surface area (Å²) in [5.74, 6) is 0. The number of nitrogens with one attached hydrogen (secondary N) is 1. The Labute approximate surface area is 158 Å². The predicted molar refractivity (Wildman–Crippen MR) is 106 cm³/mol. The molecule has 1 saturated heterocycles. The third kappa shape index (κ3) is 4.19. The first-order valence-electron chi connectivity index (χ1n) is 9.25. The topological polar surface area (TPSA) is 71.4 Å². The van der Waals surface area contributed by atoms with E-state index in [0.717, 1.165) is 42.8 Å². The number of thiazole rings is 1. The smallest absolute Gasteiger partial charge is 0.302 e. The molecule has 0 aliphatic carbocycles. The van der Waals surface area contributed by atoms with Crippen LogP contribution in [0.25, 0.3) is 10.2 Å². The number of nitrogens with zero attached hydrogens (tertiary/aromatic N) is 2. The van der Waals surface area contributed by atoms with E-state index in [0.29, 0.717) is 17.3 Å². The molecule has 2 aromatic rings. The largest absolute Gasteiger partial charge is 0.307 e. The van der Waals surface area contributed by atoms with E-state index in [9.17, 15) is 13.2 Å². The van der Waals surface area contributed by atoms with Crippen LogP contribution in [0.2, 0.25) is 0 Å². The molecule has 2 heterocycles. The van der Waals surface area contributed by atoms with Crippen LogP contribution in [-0.4, -0.2) is 43.6 Å². The Kier molecular flexibility index (Phi) is 6.17. The molecule has 6 nitrogen and oxygen atoms in total. The molecule has 1 aliphatic rings. The first-order valence-corrected chi connectivity index (χ1v) is 11.6. The minimum absolute atomic E-state index is 0.0884. The first-order chi connectivity index (χ1) is 12.4. The van der Waals surface area contributed by atoms with Gasteiger partial charge >= 0.3 is 4.87 Å². The maximum absolute atomic E-state index is 12.5. The molecule has 0 radical (unpaired) electrons. The van der Waals surface area contributed by atoms with Crippen molar-refractivity contribution in [3.8, 4) is 0 Å². The molecule has 1 unspecified atom stereocenters. The third-order valence-electron chi connectivity index (χ3n) is 5.21. The SMILES string of the molecule is CCC1CCCCN1CCCNS(=O)(=O)c1ccc2c(c1)sc(=O)n2C. The molecular formula is C18H27N3O3S2. The summed E-state index contributed by atoms with van der Waals surface area (Å²) < 4.78 is 30.0. The van der Waals surface area contributed by atoms with Gasteiger partial charge in [0.2, 0.25) is 10.0 Å². The van der Waals surface area contributed by atoms with Gasteiger partial charge in [0.15, 0.2) is 0 Å². The Hall–Kier alpha value is -1.22. The van der Waals surface area contributed by atoms with E-state index in [4.69, 9.17) is 0 Å². The second kappa shape index (κ2) is 8.21. The van der Waals surface area contributed by atoms with Gasteiger partial charge in [-0.2, -0.15) is 0 Å². The molecule has 0 saturated carbocycles. The quantitative estimate of drug-likeness (QED) is 0.729. The van der Waals surface area contributed by atoms with Crippen LogP contribution >= 0.6 is 11.3 Å². The standard InChI is InChI=1S/C18H27N3O3S2/c1-3-14-7-4-5-11-21(14)12-6-10-19-26(23,24)15-8-9-16-17(13-15)25-18(22)20(16)2/h8-9,13-14,19H,3-7,10-12H2,1-2H3. The highest BCUT2D eigenvalue weighted by Crippen LogP contribution is 2.21. The van der Waals surface area contributed by atoms with Crippen molar-refractivity contribution >= 4 is 31.6 Å². The summed E-state index contributed by atoms with van der Waals surface area (Å²) in [6.45, 7) is 4.70. The number of sulfonamides is 1. The molecule has 26 heavy (non-hydrogen) atoms. The Morgan fingerprint density at radius 2 is 2.12 bits per heavy atom. The molecule has 1 N–H and O–H groups in total. The molecule has 1 aliphatic heterocycles. The number of aryl methyl sites for hydroxylation is 1. The van der Waals surface area contributed by atoms with Crippen molar-refractivity contribution in [3.05, 3.63) is 27.9 Å². The van der Waals surface area contributed by atoms with Crippen LogP contribution in [0.3, 0.4) is 0 Å². The number of piperidine rings is 1. The van der Waals surface area contributed by atoms with Crippen LogP contribution in [0.15, 0.2) is 27.9 Å². The molecule has 0 amide bonds. The minimum atomic E-state index is -3.55. The zero-order valence-corrected chi connectivity index (χ0v) is 17.0. The van der Waals surface area contributed by atoms with Crippen LogP contribution in [-0.2, 0) is 17.1 Å². The number of benzene rings is 1. The lowest BCUT2D eigenvalue weighted by molar-refractivity contribution is 0.143. The molecule has 8 heteroatoms. The Morgan fingerprint density at radius 3 is 2.88 bits per heavy atom. The number of rotatable bonds is 7. The highest BCUT2D eigenvalue weighted by molar-refractivity contribution is 7.89. The maximum atomic E-state index is 12.5. The van der Waals surface area contributed by atoms with Crippen molar-refractivity contribution in [2.24, 2.45) is 7.05 Å². The Balaban J connectivity index is 1.59. The van der Waals surface area contributed by atoms with Crippen molar-refractivity contribution in [3.63, 3.8) is 0 Å². The summed E-state index contributed by atoms with van der Waals surface area (Å²) in [5, 5.41) is 0.